The smallest absolute Gasteiger partial charge is 0.341 e. The van der Waals surface area contributed by atoms with Crippen LogP contribution in [0.15, 0.2) is 36.7 Å². The minimum Gasteiger partial charge on any atom is -0.492 e. The van der Waals surface area contributed by atoms with Gasteiger partial charge in [-0.3, -0.25) is 4.90 Å². The van der Waals surface area contributed by atoms with E-state index in [1.54, 1.807) is 12.3 Å². The van der Waals surface area contributed by atoms with Crippen LogP contribution >= 0.6 is 12.4 Å². The Hall–Kier alpha value is -2.95. The summed E-state index contributed by atoms with van der Waals surface area (Å²) in [7, 11) is 0. The summed E-state index contributed by atoms with van der Waals surface area (Å²) in [6.07, 6.45) is 4.72. The minimum absolute atomic E-state index is 0. The quantitative estimate of drug-likeness (QED) is 0.539. The van der Waals surface area contributed by atoms with Crippen LogP contribution in [0.3, 0.4) is 0 Å². The number of rotatable bonds is 7. The van der Waals surface area contributed by atoms with Crippen LogP contribution in [0.1, 0.15) is 34.8 Å². The van der Waals surface area contributed by atoms with Crippen LogP contribution in [0.4, 0.5) is 10.2 Å². The number of benzene rings is 1. The predicted molar refractivity (Wildman–Crippen MR) is 126 cm³/mol. The third-order valence-corrected chi connectivity index (χ3v) is 6.23. The van der Waals surface area contributed by atoms with Crippen molar-refractivity contribution in [2.24, 2.45) is 0 Å². The number of anilines is 1. The third kappa shape index (κ3) is 4.94. The van der Waals surface area contributed by atoms with E-state index in [0.717, 1.165) is 57.8 Å². The summed E-state index contributed by atoms with van der Waals surface area (Å²) >= 11 is 0. The summed E-state index contributed by atoms with van der Waals surface area (Å²) in [5.41, 5.74) is 1.11. The highest BCUT2D eigenvalue weighted by Crippen LogP contribution is 2.39. The van der Waals surface area contributed by atoms with Crippen LogP contribution in [-0.4, -0.2) is 76.6 Å². The molecule has 1 aromatic carbocycles. The van der Waals surface area contributed by atoms with Crippen LogP contribution in [0.2, 0.25) is 0 Å². The number of halogens is 2. The Kier molecular flexibility index (Phi) is 7.50. The normalized spacial score (nSPS) is 18.7. The van der Waals surface area contributed by atoms with Crippen molar-refractivity contribution in [3.63, 3.8) is 0 Å². The Morgan fingerprint density at radius 3 is 2.85 bits per heavy atom. The monoisotopic (exact) mass is 491 g/mol. The molecule has 1 unspecified atom stereocenters. The molecule has 1 N–H and O–H groups in total. The van der Waals surface area contributed by atoms with Crippen molar-refractivity contribution < 1.29 is 23.8 Å². The van der Waals surface area contributed by atoms with E-state index in [2.05, 4.69) is 19.9 Å². The molecule has 0 aliphatic carbocycles. The number of aromatic nitrogens is 3. The molecule has 5 rings (SSSR count). The van der Waals surface area contributed by atoms with E-state index in [9.17, 15) is 14.3 Å². The van der Waals surface area contributed by atoms with Crippen molar-refractivity contribution in [3.8, 4) is 5.75 Å². The summed E-state index contributed by atoms with van der Waals surface area (Å²) in [4.78, 5) is 20.5. The lowest BCUT2D eigenvalue weighted by atomic mass is 10.0. The first-order valence-electron chi connectivity index (χ1n) is 11.2. The number of hydrogen-bond acceptors (Lipinski definition) is 7. The molecule has 0 bridgehead atoms. The molecule has 0 amide bonds. The Bertz CT molecular complexity index is 1150. The first kappa shape index (κ1) is 24.2. The predicted octanol–water partition coefficient (Wildman–Crippen LogP) is 3.04. The van der Waals surface area contributed by atoms with Gasteiger partial charge in [0.05, 0.1) is 25.5 Å². The molecular weight excluding hydrogens is 465 g/mol. The number of aromatic carboxylic acids is 1. The van der Waals surface area contributed by atoms with E-state index in [1.807, 2.05) is 6.07 Å². The molecule has 0 spiro atoms. The summed E-state index contributed by atoms with van der Waals surface area (Å²) in [6, 6.07) is 6.33. The molecule has 2 aromatic heterocycles. The van der Waals surface area contributed by atoms with Gasteiger partial charge in [-0.05, 0) is 37.1 Å². The molecule has 2 aliphatic heterocycles. The lowest BCUT2D eigenvalue weighted by Gasteiger charge is -2.29. The zero-order valence-corrected chi connectivity index (χ0v) is 19.4. The average molecular weight is 492 g/mol. The number of nitrogens with zero attached hydrogens (tertiary/aromatic N) is 5. The molecule has 2 fully saturated rings. The molecule has 182 valence electrons. The van der Waals surface area contributed by atoms with Crippen LogP contribution in [0, 0.1) is 5.82 Å². The molecule has 0 saturated carbocycles. The summed E-state index contributed by atoms with van der Waals surface area (Å²) < 4.78 is 27.2. The van der Waals surface area contributed by atoms with E-state index < -0.39 is 5.97 Å². The Morgan fingerprint density at radius 2 is 2.06 bits per heavy atom. The number of carboxylic acids is 1. The maximum Gasteiger partial charge on any atom is 0.341 e. The van der Waals surface area contributed by atoms with Crippen molar-refractivity contribution in [3.05, 3.63) is 53.6 Å². The van der Waals surface area contributed by atoms with Gasteiger partial charge in [-0.2, -0.15) is 5.10 Å². The Labute approximate surface area is 202 Å². The number of fused-ring (bicyclic) bond motifs is 1. The van der Waals surface area contributed by atoms with Crippen LogP contribution < -0.4 is 9.64 Å². The van der Waals surface area contributed by atoms with Gasteiger partial charge in [0.25, 0.3) is 0 Å². The number of carboxylic acid groups (broad SMARTS) is 1. The summed E-state index contributed by atoms with van der Waals surface area (Å²) in [6.45, 7) is 5.26. The van der Waals surface area contributed by atoms with Gasteiger partial charge in [0, 0.05) is 37.9 Å². The number of carbonyl (C=O) groups is 1. The van der Waals surface area contributed by atoms with Crippen molar-refractivity contribution in [1.82, 2.24) is 19.5 Å². The van der Waals surface area contributed by atoms with Gasteiger partial charge in [0.15, 0.2) is 5.65 Å². The lowest BCUT2D eigenvalue weighted by molar-refractivity contribution is 0.0322. The molecule has 4 heterocycles. The lowest BCUT2D eigenvalue weighted by Crippen LogP contribution is -2.38. The van der Waals surface area contributed by atoms with Crippen LogP contribution in [-0.2, 0) is 4.74 Å². The third-order valence-electron chi connectivity index (χ3n) is 6.23. The largest absolute Gasteiger partial charge is 0.492 e. The molecule has 2 aliphatic rings. The Morgan fingerprint density at radius 1 is 1.24 bits per heavy atom. The zero-order chi connectivity index (χ0) is 22.8. The van der Waals surface area contributed by atoms with Gasteiger partial charge in [0.1, 0.15) is 29.6 Å². The van der Waals surface area contributed by atoms with Gasteiger partial charge in [0.2, 0.25) is 0 Å². The fourth-order valence-corrected chi connectivity index (χ4v) is 4.56. The van der Waals surface area contributed by atoms with Crippen molar-refractivity contribution >= 4 is 29.8 Å². The maximum absolute atomic E-state index is 14.3. The zero-order valence-electron chi connectivity index (χ0n) is 18.6. The number of morpholine rings is 1. The Balaban J connectivity index is 0.00000274. The van der Waals surface area contributed by atoms with Gasteiger partial charge in [-0.1, -0.05) is 0 Å². The van der Waals surface area contributed by atoms with E-state index >= 15 is 0 Å². The highest BCUT2D eigenvalue weighted by molar-refractivity contribution is 5.94. The van der Waals surface area contributed by atoms with E-state index in [-0.39, 0.29) is 35.5 Å². The van der Waals surface area contributed by atoms with E-state index in [4.69, 9.17) is 9.47 Å². The van der Waals surface area contributed by atoms with E-state index in [0.29, 0.717) is 18.2 Å². The van der Waals surface area contributed by atoms with E-state index in [1.165, 1.54) is 22.8 Å². The number of hydrogen-bond donors (Lipinski definition) is 1. The van der Waals surface area contributed by atoms with Crippen molar-refractivity contribution in [2.75, 3.05) is 50.9 Å². The summed E-state index contributed by atoms with van der Waals surface area (Å²) in [5, 5.41) is 13.5. The summed E-state index contributed by atoms with van der Waals surface area (Å²) in [5.74, 6) is -0.0896. The molecule has 2 saturated heterocycles. The van der Waals surface area contributed by atoms with Crippen molar-refractivity contribution in [2.45, 2.75) is 18.9 Å². The second-order valence-corrected chi connectivity index (χ2v) is 8.25. The fourth-order valence-electron chi connectivity index (χ4n) is 4.56. The topological polar surface area (TPSA) is 92.4 Å². The fraction of sp³-hybridized carbons (Fsp3) is 0.435. The van der Waals surface area contributed by atoms with Gasteiger partial charge < -0.3 is 19.5 Å². The maximum atomic E-state index is 14.3. The molecule has 1 atom stereocenters. The average Bonchev–Trinajstić information content (AvgIpc) is 3.47. The van der Waals surface area contributed by atoms with Gasteiger partial charge in [-0.15, -0.1) is 12.4 Å². The van der Waals surface area contributed by atoms with Gasteiger partial charge >= 0.3 is 5.97 Å². The first-order chi connectivity index (χ1) is 16.1. The molecule has 34 heavy (non-hydrogen) atoms. The second kappa shape index (κ2) is 10.5. The second-order valence-electron chi connectivity index (χ2n) is 8.25. The minimum atomic E-state index is -1.08. The molecule has 3 aromatic rings. The molecule has 11 heteroatoms. The SMILES string of the molecule is Cl.O=C(O)c1cnn2ccc(N3CCCC3c3cc(F)ccc3OCCN3CCOCC3)nc12. The molecule has 0 radical (unpaired) electrons. The van der Waals surface area contributed by atoms with Gasteiger partial charge in [-0.25, -0.2) is 18.7 Å². The van der Waals surface area contributed by atoms with Crippen molar-refractivity contribution in [1.29, 1.82) is 0 Å². The standard InChI is InChI=1S/C23H26FN5O4.ClH/c24-16-3-4-20(33-13-10-27-8-11-32-12-9-27)17(14-16)19-2-1-6-28(19)21-5-7-29-22(26-21)18(15-25-29)23(30)31;/h3-5,7,14-15,19H,1-2,6,8-13H2,(H,30,31);1H. The van der Waals surface area contributed by atoms with Crippen LogP contribution in [0.5, 0.6) is 5.75 Å². The molecular formula is C23H27ClFN5O4. The van der Waals surface area contributed by atoms with Crippen LogP contribution in [0.25, 0.3) is 5.65 Å². The highest BCUT2D eigenvalue weighted by atomic mass is 35.5. The number of ether oxygens (including phenoxy) is 2. The highest BCUT2D eigenvalue weighted by Gasteiger charge is 2.30. The molecule has 9 nitrogen and oxygen atoms in total. The first-order valence-corrected chi connectivity index (χ1v) is 11.2.